The van der Waals surface area contributed by atoms with Crippen LogP contribution >= 0.6 is 0 Å². The number of hydrogen-bond donors (Lipinski definition) is 1. The topological polar surface area (TPSA) is 77.3 Å². The fraction of sp³-hybridized carbons (Fsp3) is 0.476. The SMILES string of the molecule is CC1CN(c2nc(Nc3ccccc3)c3ncn(C4CCCCO4)c3n2)CCO1. The summed E-state index contributed by atoms with van der Waals surface area (Å²) in [4.78, 5) is 16.6. The molecule has 0 saturated carbocycles. The number of fused-ring (bicyclic) bond motifs is 1. The molecule has 152 valence electrons. The van der Waals surface area contributed by atoms with E-state index < -0.39 is 0 Å². The maximum atomic E-state index is 6.00. The van der Waals surface area contributed by atoms with Crippen molar-refractivity contribution in [2.24, 2.45) is 0 Å². The Balaban J connectivity index is 1.58. The monoisotopic (exact) mass is 394 g/mol. The summed E-state index contributed by atoms with van der Waals surface area (Å²) in [5.41, 5.74) is 2.53. The number of para-hydroxylation sites is 1. The summed E-state index contributed by atoms with van der Waals surface area (Å²) in [5, 5.41) is 3.43. The summed E-state index contributed by atoms with van der Waals surface area (Å²) in [7, 11) is 0. The van der Waals surface area contributed by atoms with E-state index in [0.29, 0.717) is 18.4 Å². The molecule has 0 bridgehead atoms. The minimum atomic E-state index is -0.0234. The third-order valence-electron chi connectivity index (χ3n) is 5.44. The highest BCUT2D eigenvalue weighted by Gasteiger charge is 2.25. The van der Waals surface area contributed by atoms with Crippen molar-refractivity contribution in [3.05, 3.63) is 36.7 Å². The molecule has 1 N–H and O–H groups in total. The zero-order chi connectivity index (χ0) is 19.6. The van der Waals surface area contributed by atoms with Crippen molar-refractivity contribution in [2.45, 2.75) is 38.5 Å². The van der Waals surface area contributed by atoms with Crippen LogP contribution in [0.1, 0.15) is 32.4 Å². The van der Waals surface area contributed by atoms with Gasteiger partial charge in [-0.1, -0.05) is 18.2 Å². The van der Waals surface area contributed by atoms with Crippen LogP contribution in [-0.4, -0.2) is 51.9 Å². The van der Waals surface area contributed by atoms with Crippen LogP contribution in [0.15, 0.2) is 36.7 Å². The van der Waals surface area contributed by atoms with Gasteiger partial charge in [0.25, 0.3) is 0 Å². The van der Waals surface area contributed by atoms with Crippen molar-refractivity contribution in [2.75, 3.05) is 36.5 Å². The molecule has 0 amide bonds. The number of hydrogen-bond acceptors (Lipinski definition) is 7. The first-order chi connectivity index (χ1) is 14.3. The molecule has 0 radical (unpaired) electrons. The molecule has 29 heavy (non-hydrogen) atoms. The van der Waals surface area contributed by atoms with Crippen LogP contribution in [-0.2, 0) is 9.47 Å². The number of benzene rings is 1. The minimum Gasteiger partial charge on any atom is -0.375 e. The van der Waals surface area contributed by atoms with Crippen molar-refractivity contribution in [1.29, 1.82) is 0 Å². The van der Waals surface area contributed by atoms with Gasteiger partial charge in [-0.05, 0) is 38.3 Å². The molecular formula is C21H26N6O2. The van der Waals surface area contributed by atoms with Gasteiger partial charge in [-0.2, -0.15) is 9.97 Å². The Morgan fingerprint density at radius 3 is 2.76 bits per heavy atom. The smallest absolute Gasteiger partial charge is 0.229 e. The second-order valence-electron chi connectivity index (χ2n) is 7.64. The first kappa shape index (κ1) is 18.3. The number of nitrogens with one attached hydrogen (secondary N) is 1. The molecule has 2 aliphatic rings. The lowest BCUT2D eigenvalue weighted by Crippen LogP contribution is -2.42. The van der Waals surface area contributed by atoms with E-state index in [9.17, 15) is 0 Å². The predicted octanol–water partition coefficient (Wildman–Crippen LogP) is 3.49. The van der Waals surface area contributed by atoms with Crippen LogP contribution in [0.2, 0.25) is 0 Å². The number of rotatable bonds is 4. The molecule has 0 aliphatic carbocycles. The maximum Gasteiger partial charge on any atom is 0.229 e. The highest BCUT2D eigenvalue weighted by atomic mass is 16.5. The summed E-state index contributed by atoms with van der Waals surface area (Å²) >= 11 is 0. The molecule has 4 heterocycles. The number of aromatic nitrogens is 4. The highest BCUT2D eigenvalue weighted by molar-refractivity contribution is 5.86. The fourth-order valence-electron chi connectivity index (χ4n) is 3.95. The zero-order valence-corrected chi connectivity index (χ0v) is 16.6. The molecule has 2 aromatic heterocycles. The van der Waals surface area contributed by atoms with E-state index >= 15 is 0 Å². The Morgan fingerprint density at radius 2 is 1.97 bits per heavy atom. The molecule has 0 spiro atoms. The average molecular weight is 394 g/mol. The van der Waals surface area contributed by atoms with Crippen molar-refractivity contribution >= 4 is 28.6 Å². The van der Waals surface area contributed by atoms with Gasteiger partial charge in [0.15, 0.2) is 17.0 Å². The number of nitrogens with zero attached hydrogens (tertiary/aromatic N) is 5. The van der Waals surface area contributed by atoms with E-state index in [1.165, 1.54) is 0 Å². The van der Waals surface area contributed by atoms with E-state index in [1.54, 1.807) is 0 Å². The number of anilines is 3. The summed E-state index contributed by atoms with van der Waals surface area (Å²) in [6.45, 7) is 5.07. The van der Waals surface area contributed by atoms with Gasteiger partial charge in [-0.15, -0.1) is 0 Å². The third-order valence-corrected chi connectivity index (χ3v) is 5.44. The predicted molar refractivity (Wildman–Crippen MR) is 112 cm³/mol. The second-order valence-corrected chi connectivity index (χ2v) is 7.64. The molecule has 1 aromatic carbocycles. The van der Waals surface area contributed by atoms with Crippen LogP contribution < -0.4 is 10.2 Å². The van der Waals surface area contributed by atoms with Gasteiger partial charge >= 0.3 is 0 Å². The summed E-state index contributed by atoms with van der Waals surface area (Å²) in [5.74, 6) is 1.41. The second kappa shape index (κ2) is 7.96. The van der Waals surface area contributed by atoms with Crippen molar-refractivity contribution in [3.63, 3.8) is 0 Å². The average Bonchev–Trinajstić information content (AvgIpc) is 3.19. The standard InChI is InChI=1S/C21H26N6O2/c1-15-13-26(10-12-28-15)21-24-19(23-16-7-3-2-4-8-16)18-20(25-21)27(14-22-18)17-9-5-6-11-29-17/h2-4,7-8,14-15,17H,5-6,9-13H2,1H3,(H,23,24,25). The molecule has 2 saturated heterocycles. The quantitative estimate of drug-likeness (QED) is 0.726. The van der Waals surface area contributed by atoms with Gasteiger partial charge in [0.2, 0.25) is 5.95 Å². The molecule has 2 atom stereocenters. The Labute approximate surface area is 169 Å². The Hall–Kier alpha value is -2.71. The van der Waals surface area contributed by atoms with E-state index in [1.807, 2.05) is 36.7 Å². The number of morpholine rings is 1. The largest absolute Gasteiger partial charge is 0.375 e. The molecule has 3 aromatic rings. The van der Waals surface area contributed by atoms with Gasteiger partial charge in [0, 0.05) is 25.4 Å². The van der Waals surface area contributed by atoms with Gasteiger partial charge in [0.1, 0.15) is 6.23 Å². The highest BCUT2D eigenvalue weighted by Crippen LogP contribution is 2.30. The molecule has 8 heteroatoms. The van der Waals surface area contributed by atoms with Crippen molar-refractivity contribution < 1.29 is 9.47 Å². The van der Waals surface area contributed by atoms with E-state index in [0.717, 1.165) is 55.8 Å². The summed E-state index contributed by atoms with van der Waals surface area (Å²) in [6.07, 6.45) is 5.19. The molecule has 2 aliphatic heterocycles. The van der Waals surface area contributed by atoms with Crippen LogP contribution in [0.3, 0.4) is 0 Å². The molecule has 5 rings (SSSR count). The lowest BCUT2D eigenvalue weighted by molar-refractivity contribution is -0.0298. The summed E-state index contributed by atoms with van der Waals surface area (Å²) in [6, 6.07) is 10.0. The van der Waals surface area contributed by atoms with Gasteiger partial charge in [-0.25, -0.2) is 4.98 Å². The van der Waals surface area contributed by atoms with E-state index in [4.69, 9.17) is 19.4 Å². The number of ether oxygens (including phenoxy) is 2. The van der Waals surface area contributed by atoms with Gasteiger partial charge in [-0.3, -0.25) is 4.57 Å². The molecule has 2 fully saturated rings. The van der Waals surface area contributed by atoms with E-state index in [-0.39, 0.29) is 12.3 Å². The molecular weight excluding hydrogens is 368 g/mol. The van der Waals surface area contributed by atoms with Gasteiger partial charge < -0.3 is 19.7 Å². The van der Waals surface area contributed by atoms with Crippen LogP contribution in [0.4, 0.5) is 17.5 Å². The molecule has 2 unspecified atom stereocenters. The number of imidazole rings is 1. The normalized spacial score (nSPS) is 22.7. The first-order valence-electron chi connectivity index (χ1n) is 10.3. The Morgan fingerprint density at radius 1 is 1.07 bits per heavy atom. The third kappa shape index (κ3) is 3.77. The lowest BCUT2D eigenvalue weighted by Gasteiger charge is -2.31. The minimum absolute atomic E-state index is 0.0234. The maximum absolute atomic E-state index is 6.00. The molecule has 8 nitrogen and oxygen atoms in total. The Kier molecular flexibility index (Phi) is 5.03. The van der Waals surface area contributed by atoms with Gasteiger partial charge in [0.05, 0.1) is 19.0 Å². The van der Waals surface area contributed by atoms with Crippen LogP contribution in [0, 0.1) is 0 Å². The van der Waals surface area contributed by atoms with Crippen LogP contribution in [0.5, 0.6) is 0 Å². The Bertz CT molecular complexity index is 970. The van der Waals surface area contributed by atoms with Crippen molar-refractivity contribution in [1.82, 2.24) is 19.5 Å². The van der Waals surface area contributed by atoms with E-state index in [2.05, 4.69) is 26.7 Å². The zero-order valence-electron chi connectivity index (χ0n) is 16.6. The van der Waals surface area contributed by atoms with Crippen LogP contribution in [0.25, 0.3) is 11.2 Å². The lowest BCUT2D eigenvalue weighted by atomic mass is 10.2. The fourth-order valence-corrected chi connectivity index (χ4v) is 3.95. The summed E-state index contributed by atoms with van der Waals surface area (Å²) < 4.78 is 13.8. The first-order valence-corrected chi connectivity index (χ1v) is 10.3. The van der Waals surface area contributed by atoms with Crippen molar-refractivity contribution in [3.8, 4) is 0 Å².